The molecule has 0 amide bonds. The third-order valence-corrected chi connectivity index (χ3v) is 5.23. The standard InChI is InChI=1S/C14H22N2O2S/c1-16(19(2,17)18)13-8-6-7-12(11-13)14(15)9-4-3-5-10-14/h6-8,11H,3-5,9-10,15H2,1-2H3. The Hall–Kier alpha value is -1.07. The zero-order chi connectivity index (χ0) is 14.1. The van der Waals surface area contributed by atoms with Crippen LogP contribution in [0.5, 0.6) is 0 Å². The van der Waals surface area contributed by atoms with Crippen LogP contribution in [0.3, 0.4) is 0 Å². The molecular formula is C14H22N2O2S. The molecule has 5 heteroatoms. The average Bonchev–Trinajstić information content (AvgIpc) is 2.38. The summed E-state index contributed by atoms with van der Waals surface area (Å²) in [6.45, 7) is 0. The van der Waals surface area contributed by atoms with Crippen LogP contribution >= 0.6 is 0 Å². The van der Waals surface area contributed by atoms with E-state index < -0.39 is 10.0 Å². The molecule has 4 nitrogen and oxygen atoms in total. The van der Waals surface area contributed by atoms with Gasteiger partial charge in [0, 0.05) is 12.6 Å². The molecule has 0 bridgehead atoms. The van der Waals surface area contributed by atoms with Crippen molar-refractivity contribution < 1.29 is 8.42 Å². The highest BCUT2D eigenvalue weighted by Gasteiger charge is 2.29. The van der Waals surface area contributed by atoms with Crippen molar-refractivity contribution in [3.63, 3.8) is 0 Å². The van der Waals surface area contributed by atoms with Gasteiger partial charge in [-0.05, 0) is 30.5 Å². The minimum absolute atomic E-state index is 0.299. The van der Waals surface area contributed by atoms with Gasteiger partial charge in [0.15, 0.2) is 0 Å². The first kappa shape index (κ1) is 14.3. The second-order valence-corrected chi connectivity index (χ2v) is 7.51. The van der Waals surface area contributed by atoms with Gasteiger partial charge in [0.25, 0.3) is 0 Å². The van der Waals surface area contributed by atoms with Crippen LogP contribution in [0.25, 0.3) is 0 Å². The number of rotatable bonds is 3. The fraction of sp³-hybridized carbons (Fsp3) is 0.571. The fourth-order valence-electron chi connectivity index (χ4n) is 2.67. The summed E-state index contributed by atoms with van der Waals surface area (Å²) in [5, 5.41) is 0. The summed E-state index contributed by atoms with van der Waals surface area (Å²) in [7, 11) is -1.66. The zero-order valence-corrected chi connectivity index (χ0v) is 12.4. The fourth-order valence-corrected chi connectivity index (χ4v) is 3.17. The molecule has 0 saturated heterocycles. The van der Waals surface area contributed by atoms with E-state index in [2.05, 4.69) is 0 Å². The molecule has 1 aliphatic carbocycles. The first-order valence-electron chi connectivity index (χ1n) is 6.66. The van der Waals surface area contributed by atoms with E-state index in [0.29, 0.717) is 5.69 Å². The van der Waals surface area contributed by atoms with Crippen molar-refractivity contribution in [2.75, 3.05) is 17.6 Å². The lowest BCUT2D eigenvalue weighted by Gasteiger charge is -2.34. The van der Waals surface area contributed by atoms with Crippen LogP contribution in [0.2, 0.25) is 0 Å². The molecule has 19 heavy (non-hydrogen) atoms. The van der Waals surface area contributed by atoms with Crippen LogP contribution in [0.4, 0.5) is 5.69 Å². The second kappa shape index (κ2) is 5.13. The van der Waals surface area contributed by atoms with E-state index in [0.717, 1.165) is 31.2 Å². The lowest BCUT2D eigenvalue weighted by Crippen LogP contribution is -2.38. The van der Waals surface area contributed by atoms with Gasteiger partial charge in [-0.1, -0.05) is 31.4 Å². The number of hydrogen-bond acceptors (Lipinski definition) is 3. The Kier molecular flexibility index (Phi) is 3.87. The molecule has 0 heterocycles. The van der Waals surface area contributed by atoms with Gasteiger partial charge in [0.1, 0.15) is 0 Å². The maximum Gasteiger partial charge on any atom is 0.231 e. The number of benzene rings is 1. The minimum Gasteiger partial charge on any atom is -0.321 e. The van der Waals surface area contributed by atoms with E-state index in [-0.39, 0.29) is 5.54 Å². The number of nitrogens with zero attached hydrogens (tertiary/aromatic N) is 1. The maximum atomic E-state index is 11.6. The molecule has 0 atom stereocenters. The lowest BCUT2D eigenvalue weighted by molar-refractivity contribution is 0.302. The van der Waals surface area contributed by atoms with Crippen molar-refractivity contribution >= 4 is 15.7 Å². The molecule has 2 rings (SSSR count). The van der Waals surface area contributed by atoms with Gasteiger partial charge in [0.2, 0.25) is 10.0 Å². The van der Waals surface area contributed by atoms with E-state index in [1.807, 2.05) is 18.2 Å². The van der Waals surface area contributed by atoms with E-state index >= 15 is 0 Å². The first-order chi connectivity index (χ1) is 8.83. The van der Waals surface area contributed by atoms with Gasteiger partial charge in [-0.3, -0.25) is 4.31 Å². The molecule has 0 spiro atoms. The molecule has 1 saturated carbocycles. The number of nitrogens with two attached hydrogens (primary N) is 1. The monoisotopic (exact) mass is 282 g/mol. The van der Waals surface area contributed by atoms with E-state index in [4.69, 9.17) is 5.73 Å². The Morgan fingerprint density at radius 1 is 1.21 bits per heavy atom. The van der Waals surface area contributed by atoms with Crippen molar-refractivity contribution in [3.05, 3.63) is 29.8 Å². The Bertz CT molecular complexity index is 548. The first-order valence-corrected chi connectivity index (χ1v) is 8.51. The summed E-state index contributed by atoms with van der Waals surface area (Å²) < 4.78 is 24.5. The molecular weight excluding hydrogens is 260 g/mol. The van der Waals surface area contributed by atoms with Crippen molar-refractivity contribution in [3.8, 4) is 0 Å². The summed E-state index contributed by atoms with van der Waals surface area (Å²) >= 11 is 0. The van der Waals surface area contributed by atoms with Crippen LogP contribution in [0.1, 0.15) is 37.7 Å². The van der Waals surface area contributed by atoms with Gasteiger partial charge in [0.05, 0.1) is 11.9 Å². The summed E-state index contributed by atoms with van der Waals surface area (Å²) in [6, 6.07) is 7.60. The molecule has 0 aliphatic heterocycles. The highest BCUT2D eigenvalue weighted by molar-refractivity contribution is 7.92. The number of sulfonamides is 1. The Balaban J connectivity index is 2.34. The quantitative estimate of drug-likeness (QED) is 0.924. The Labute approximate surface area is 115 Å². The average molecular weight is 282 g/mol. The van der Waals surface area contributed by atoms with Crippen molar-refractivity contribution in [1.29, 1.82) is 0 Å². The lowest BCUT2D eigenvalue weighted by atomic mass is 9.77. The third-order valence-electron chi connectivity index (χ3n) is 4.03. The molecule has 0 aromatic heterocycles. The van der Waals surface area contributed by atoms with Gasteiger partial charge in [-0.2, -0.15) is 0 Å². The summed E-state index contributed by atoms with van der Waals surface area (Å²) in [6.07, 6.45) is 6.67. The number of anilines is 1. The predicted molar refractivity (Wildman–Crippen MR) is 78.6 cm³/mol. The summed E-state index contributed by atoms with van der Waals surface area (Å²) in [5.74, 6) is 0. The van der Waals surface area contributed by atoms with Crippen LogP contribution in [-0.4, -0.2) is 21.7 Å². The SMILES string of the molecule is CN(c1cccc(C2(N)CCCCC2)c1)S(C)(=O)=O. The predicted octanol–water partition coefficient (Wildman–Crippen LogP) is 2.20. The minimum atomic E-state index is -3.23. The van der Waals surface area contributed by atoms with Crippen LogP contribution in [0.15, 0.2) is 24.3 Å². The third kappa shape index (κ3) is 3.09. The molecule has 0 unspecified atom stereocenters. The Morgan fingerprint density at radius 3 is 2.42 bits per heavy atom. The van der Waals surface area contributed by atoms with Gasteiger partial charge >= 0.3 is 0 Å². The van der Waals surface area contributed by atoms with E-state index in [1.165, 1.54) is 17.0 Å². The molecule has 2 N–H and O–H groups in total. The Morgan fingerprint density at radius 2 is 1.84 bits per heavy atom. The van der Waals surface area contributed by atoms with Gasteiger partial charge < -0.3 is 5.73 Å². The molecule has 0 radical (unpaired) electrons. The van der Waals surface area contributed by atoms with E-state index in [1.54, 1.807) is 13.1 Å². The van der Waals surface area contributed by atoms with Crippen molar-refractivity contribution in [1.82, 2.24) is 0 Å². The summed E-state index contributed by atoms with van der Waals surface area (Å²) in [5.41, 5.74) is 7.91. The van der Waals surface area contributed by atoms with Gasteiger partial charge in [-0.15, -0.1) is 0 Å². The van der Waals surface area contributed by atoms with Crippen molar-refractivity contribution in [2.24, 2.45) is 5.73 Å². The largest absolute Gasteiger partial charge is 0.321 e. The molecule has 1 aromatic carbocycles. The van der Waals surface area contributed by atoms with E-state index in [9.17, 15) is 8.42 Å². The number of hydrogen-bond donors (Lipinski definition) is 1. The smallest absolute Gasteiger partial charge is 0.231 e. The molecule has 1 aliphatic rings. The van der Waals surface area contributed by atoms with Crippen LogP contribution in [-0.2, 0) is 15.6 Å². The summed E-state index contributed by atoms with van der Waals surface area (Å²) in [4.78, 5) is 0. The zero-order valence-electron chi connectivity index (χ0n) is 11.6. The van der Waals surface area contributed by atoms with Gasteiger partial charge in [-0.25, -0.2) is 8.42 Å². The topological polar surface area (TPSA) is 63.4 Å². The van der Waals surface area contributed by atoms with Crippen LogP contribution in [0, 0.1) is 0 Å². The molecule has 106 valence electrons. The molecule has 1 aromatic rings. The highest BCUT2D eigenvalue weighted by atomic mass is 32.2. The highest BCUT2D eigenvalue weighted by Crippen LogP contribution is 2.36. The molecule has 1 fully saturated rings. The maximum absolute atomic E-state index is 11.6. The second-order valence-electron chi connectivity index (χ2n) is 5.50. The normalized spacial score (nSPS) is 19.1. The van der Waals surface area contributed by atoms with Crippen LogP contribution < -0.4 is 10.0 Å². The van der Waals surface area contributed by atoms with Crippen molar-refractivity contribution in [2.45, 2.75) is 37.6 Å².